The lowest BCUT2D eigenvalue weighted by molar-refractivity contribution is 0.101. The van der Waals surface area contributed by atoms with Crippen LogP contribution in [0.1, 0.15) is 27.6 Å². The van der Waals surface area contributed by atoms with Crippen LogP contribution >= 0.6 is 0 Å². The normalized spacial score (nSPS) is 10.5. The number of hydrogen-bond acceptors (Lipinski definition) is 4. The second kappa shape index (κ2) is 6.68. The van der Waals surface area contributed by atoms with Crippen molar-refractivity contribution in [1.29, 1.82) is 0 Å². The number of anilines is 1. The highest BCUT2D eigenvalue weighted by Gasteiger charge is 2.16. The van der Waals surface area contributed by atoms with Crippen LogP contribution < -0.4 is 14.8 Å². The molecule has 3 rings (SSSR count). The van der Waals surface area contributed by atoms with Crippen LogP contribution in [0, 0.1) is 0 Å². The van der Waals surface area contributed by atoms with Crippen LogP contribution in [0.25, 0.3) is 10.9 Å². The minimum absolute atomic E-state index is 0.0555. The number of ether oxygens (including phenoxy) is 2. The maximum atomic E-state index is 12.6. The van der Waals surface area contributed by atoms with E-state index in [0.717, 1.165) is 10.9 Å². The molecule has 0 aliphatic heterocycles. The fraction of sp³-hybridized carbons (Fsp3) is 0.158. The van der Waals surface area contributed by atoms with Crippen LogP contribution in [0.3, 0.4) is 0 Å². The zero-order valence-corrected chi connectivity index (χ0v) is 14.2. The summed E-state index contributed by atoms with van der Waals surface area (Å²) < 4.78 is 10.6. The molecule has 0 aliphatic carbocycles. The quantitative estimate of drug-likeness (QED) is 0.696. The number of hydrogen-bond donors (Lipinski definition) is 2. The zero-order chi connectivity index (χ0) is 18.0. The van der Waals surface area contributed by atoms with Gasteiger partial charge in [0.1, 0.15) is 0 Å². The third kappa shape index (κ3) is 3.19. The topological polar surface area (TPSA) is 80.4 Å². The minimum Gasteiger partial charge on any atom is -0.493 e. The average Bonchev–Trinajstić information content (AvgIpc) is 3.03. The van der Waals surface area contributed by atoms with Crippen LogP contribution in [0.2, 0.25) is 0 Å². The Morgan fingerprint density at radius 1 is 1.04 bits per heavy atom. The molecule has 0 saturated heterocycles. The van der Waals surface area contributed by atoms with Gasteiger partial charge in [-0.05, 0) is 25.1 Å². The molecule has 2 N–H and O–H groups in total. The largest absolute Gasteiger partial charge is 0.493 e. The van der Waals surface area contributed by atoms with Crippen molar-refractivity contribution in [2.75, 3.05) is 19.5 Å². The number of H-pyrrole nitrogens is 1. The molecule has 3 aromatic rings. The zero-order valence-electron chi connectivity index (χ0n) is 14.2. The number of amides is 1. The average molecular weight is 338 g/mol. The van der Waals surface area contributed by atoms with Gasteiger partial charge in [0.25, 0.3) is 5.91 Å². The molecule has 0 unspecified atom stereocenters. The Labute approximate surface area is 144 Å². The highest BCUT2D eigenvalue weighted by atomic mass is 16.5. The summed E-state index contributed by atoms with van der Waals surface area (Å²) in [4.78, 5) is 27.2. The van der Waals surface area contributed by atoms with Gasteiger partial charge in [-0.3, -0.25) is 9.59 Å². The van der Waals surface area contributed by atoms with Crippen LogP contribution in [-0.4, -0.2) is 30.9 Å². The third-order valence-corrected chi connectivity index (χ3v) is 3.96. The summed E-state index contributed by atoms with van der Waals surface area (Å²) >= 11 is 0. The monoisotopic (exact) mass is 338 g/mol. The number of rotatable bonds is 5. The van der Waals surface area contributed by atoms with E-state index in [1.54, 1.807) is 56.8 Å². The van der Waals surface area contributed by atoms with E-state index in [0.29, 0.717) is 28.3 Å². The van der Waals surface area contributed by atoms with Crippen LogP contribution in [0.15, 0.2) is 42.6 Å². The minimum atomic E-state index is -0.279. The van der Waals surface area contributed by atoms with Gasteiger partial charge in [0.2, 0.25) is 0 Å². The van der Waals surface area contributed by atoms with Crippen LogP contribution in [0.4, 0.5) is 5.69 Å². The van der Waals surface area contributed by atoms with Crippen LogP contribution in [0.5, 0.6) is 11.5 Å². The highest BCUT2D eigenvalue weighted by Crippen LogP contribution is 2.33. The molecule has 128 valence electrons. The van der Waals surface area contributed by atoms with Gasteiger partial charge in [0.15, 0.2) is 17.3 Å². The van der Waals surface area contributed by atoms with Crippen molar-refractivity contribution in [1.82, 2.24) is 4.98 Å². The number of nitrogens with one attached hydrogen (secondary N) is 2. The molecule has 0 aliphatic rings. The number of methoxy groups -OCH3 is 2. The van der Waals surface area contributed by atoms with E-state index in [1.807, 2.05) is 0 Å². The molecular formula is C19H18N2O4. The summed E-state index contributed by atoms with van der Waals surface area (Å²) in [6.45, 7) is 1.49. The van der Waals surface area contributed by atoms with E-state index in [9.17, 15) is 9.59 Å². The van der Waals surface area contributed by atoms with Gasteiger partial charge >= 0.3 is 0 Å². The standard InChI is InChI=1S/C19H18N2O4/c1-11(22)12-5-4-6-13(7-12)21-19(23)15-10-20-16-9-18(25-3)17(24-2)8-14(15)16/h4-10,20H,1-3H3,(H,21,23). The lowest BCUT2D eigenvalue weighted by Gasteiger charge is -2.09. The molecule has 1 amide bonds. The van der Waals surface area contributed by atoms with Gasteiger partial charge < -0.3 is 19.8 Å². The summed E-state index contributed by atoms with van der Waals surface area (Å²) in [5.41, 5.74) is 2.35. The molecule has 1 aromatic heterocycles. The smallest absolute Gasteiger partial charge is 0.257 e. The van der Waals surface area contributed by atoms with Crippen molar-refractivity contribution in [2.45, 2.75) is 6.92 Å². The Kier molecular flexibility index (Phi) is 4.43. The second-order valence-electron chi connectivity index (χ2n) is 5.55. The number of carbonyl (C=O) groups excluding carboxylic acids is 2. The maximum absolute atomic E-state index is 12.6. The molecular weight excluding hydrogens is 320 g/mol. The molecule has 1 heterocycles. The highest BCUT2D eigenvalue weighted by molar-refractivity contribution is 6.13. The fourth-order valence-electron chi connectivity index (χ4n) is 2.65. The number of Topliss-reactive ketones (excluding diaryl/α,β-unsaturated/α-hetero) is 1. The lowest BCUT2D eigenvalue weighted by Crippen LogP contribution is -2.11. The second-order valence-corrected chi connectivity index (χ2v) is 5.55. The number of aromatic nitrogens is 1. The van der Waals surface area contributed by atoms with Crippen LogP contribution in [-0.2, 0) is 0 Å². The van der Waals surface area contributed by atoms with Crippen molar-refractivity contribution in [3.63, 3.8) is 0 Å². The van der Waals surface area contributed by atoms with E-state index in [-0.39, 0.29) is 11.7 Å². The van der Waals surface area contributed by atoms with Crippen molar-refractivity contribution >= 4 is 28.3 Å². The van der Waals surface area contributed by atoms with E-state index in [1.165, 1.54) is 6.92 Å². The summed E-state index contributed by atoms with van der Waals surface area (Å²) in [7, 11) is 3.10. The first-order valence-corrected chi connectivity index (χ1v) is 7.69. The van der Waals surface area contributed by atoms with Gasteiger partial charge in [0, 0.05) is 28.9 Å². The van der Waals surface area contributed by atoms with Crippen molar-refractivity contribution in [3.8, 4) is 11.5 Å². The van der Waals surface area contributed by atoms with Crippen molar-refractivity contribution in [3.05, 3.63) is 53.7 Å². The molecule has 6 nitrogen and oxygen atoms in total. The number of benzene rings is 2. The molecule has 0 fully saturated rings. The van der Waals surface area contributed by atoms with E-state index >= 15 is 0 Å². The lowest BCUT2D eigenvalue weighted by atomic mass is 10.1. The van der Waals surface area contributed by atoms with E-state index < -0.39 is 0 Å². The Bertz CT molecular complexity index is 959. The summed E-state index contributed by atoms with van der Waals surface area (Å²) in [5.74, 6) is 0.791. The molecule has 2 aromatic carbocycles. The van der Waals surface area contributed by atoms with E-state index in [2.05, 4.69) is 10.3 Å². The Balaban J connectivity index is 1.95. The maximum Gasteiger partial charge on any atom is 0.257 e. The first kappa shape index (κ1) is 16.6. The van der Waals surface area contributed by atoms with Gasteiger partial charge in [-0.2, -0.15) is 0 Å². The molecule has 0 bridgehead atoms. The van der Waals surface area contributed by atoms with Gasteiger partial charge in [-0.1, -0.05) is 12.1 Å². The van der Waals surface area contributed by atoms with E-state index in [4.69, 9.17) is 9.47 Å². The molecule has 0 saturated carbocycles. The predicted molar refractivity (Wildman–Crippen MR) is 95.8 cm³/mol. The number of carbonyl (C=O) groups is 2. The SMILES string of the molecule is COc1cc2[nH]cc(C(=O)Nc3cccc(C(C)=O)c3)c2cc1OC. The Morgan fingerprint density at radius 2 is 1.76 bits per heavy atom. The predicted octanol–water partition coefficient (Wildman–Crippen LogP) is 3.64. The molecule has 0 radical (unpaired) electrons. The van der Waals surface area contributed by atoms with Gasteiger partial charge in [0.05, 0.1) is 25.3 Å². The third-order valence-electron chi connectivity index (χ3n) is 3.96. The number of aromatic amines is 1. The number of fused-ring (bicyclic) bond motifs is 1. The van der Waals surface area contributed by atoms with Crippen molar-refractivity contribution < 1.29 is 19.1 Å². The summed E-state index contributed by atoms with van der Waals surface area (Å²) in [5, 5.41) is 3.53. The molecule has 0 atom stereocenters. The molecule has 0 spiro atoms. The van der Waals surface area contributed by atoms with Gasteiger partial charge in [-0.15, -0.1) is 0 Å². The van der Waals surface area contributed by atoms with Gasteiger partial charge in [-0.25, -0.2) is 0 Å². The van der Waals surface area contributed by atoms with Crippen molar-refractivity contribution in [2.24, 2.45) is 0 Å². The number of ketones is 1. The Hall–Kier alpha value is -3.28. The summed E-state index contributed by atoms with van der Waals surface area (Å²) in [6.07, 6.45) is 1.63. The first-order chi connectivity index (χ1) is 12.0. The first-order valence-electron chi connectivity index (χ1n) is 7.69. The summed E-state index contributed by atoms with van der Waals surface area (Å²) in [6, 6.07) is 10.4. The molecule has 6 heteroatoms. The Morgan fingerprint density at radius 3 is 2.44 bits per heavy atom. The fourth-order valence-corrected chi connectivity index (χ4v) is 2.65. The molecule has 25 heavy (non-hydrogen) atoms.